The molecule has 6 heteroatoms. The number of hydrogen-bond acceptors (Lipinski definition) is 5. The summed E-state index contributed by atoms with van der Waals surface area (Å²) in [7, 11) is 1.57. The number of nitrogens with one attached hydrogen (secondary N) is 2. The monoisotopic (exact) mass is 305 g/mol. The zero-order valence-corrected chi connectivity index (χ0v) is 12.9. The van der Waals surface area contributed by atoms with Crippen LogP contribution in [0.5, 0.6) is 5.75 Å². The van der Waals surface area contributed by atoms with Crippen LogP contribution >= 0.6 is 0 Å². The van der Waals surface area contributed by atoms with Gasteiger partial charge in [0, 0.05) is 19.3 Å². The van der Waals surface area contributed by atoms with E-state index in [1.165, 1.54) is 12.0 Å². The summed E-state index contributed by atoms with van der Waals surface area (Å²) in [6.07, 6.45) is 6.54. The maximum Gasteiger partial charge on any atom is 0.406 e. The van der Waals surface area contributed by atoms with Crippen LogP contribution in [0.15, 0.2) is 18.5 Å². The van der Waals surface area contributed by atoms with Gasteiger partial charge in [-0.15, -0.1) is 0 Å². The minimum absolute atomic E-state index is 0.362. The number of pyridine rings is 1. The highest BCUT2D eigenvalue weighted by Crippen LogP contribution is 2.49. The third kappa shape index (κ3) is 3.88. The fraction of sp³-hybridized carbons (Fsp3) is 0.625. The molecule has 1 aromatic rings. The lowest BCUT2D eigenvalue weighted by molar-refractivity contribution is 0.145. The maximum atomic E-state index is 11.0. The highest BCUT2D eigenvalue weighted by molar-refractivity contribution is 5.66. The molecule has 1 aliphatic carbocycles. The Balaban J connectivity index is 1.43. The van der Waals surface area contributed by atoms with E-state index in [-0.39, 0.29) is 6.09 Å². The van der Waals surface area contributed by atoms with Crippen LogP contribution in [-0.4, -0.2) is 43.9 Å². The lowest BCUT2D eigenvalue weighted by Gasteiger charge is -2.27. The van der Waals surface area contributed by atoms with E-state index in [2.05, 4.69) is 21.7 Å². The predicted octanol–water partition coefficient (Wildman–Crippen LogP) is 1.67. The van der Waals surface area contributed by atoms with E-state index in [4.69, 9.17) is 9.47 Å². The molecule has 22 heavy (non-hydrogen) atoms. The van der Waals surface area contributed by atoms with Gasteiger partial charge in [0.25, 0.3) is 0 Å². The summed E-state index contributed by atoms with van der Waals surface area (Å²) in [6, 6.07) is 2.58. The molecule has 3 atom stereocenters. The second-order valence-corrected chi connectivity index (χ2v) is 5.98. The van der Waals surface area contributed by atoms with Crippen molar-refractivity contribution in [1.82, 2.24) is 15.6 Å². The molecule has 1 saturated carbocycles. The molecule has 0 bridgehead atoms. The number of rotatable bonds is 7. The fourth-order valence-electron chi connectivity index (χ4n) is 2.75. The van der Waals surface area contributed by atoms with Gasteiger partial charge in [0.05, 0.1) is 12.8 Å². The van der Waals surface area contributed by atoms with Gasteiger partial charge in [0.1, 0.15) is 12.4 Å². The second kappa shape index (κ2) is 6.96. The summed E-state index contributed by atoms with van der Waals surface area (Å²) in [5.41, 5.74) is 1.23. The molecular weight excluding hydrogens is 282 g/mol. The van der Waals surface area contributed by atoms with Crippen LogP contribution < -0.4 is 15.4 Å². The highest BCUT2D eigenvalue weighted by atomic mass is 16.5. The average Bonchev–Trinajstić information content (AvgIpc) is 3.25. The minimum atomic E-state index is -0.362. The number of hydrogen-bond donors (Lipinski definition) is 2. The normalized spacial score (nSPS) is 26.0. The molecule has 2 fully saturated rings. The number of aromatic nitrogens is 1. The zero-order chi connectivity index (χ0) is 15.4. The predicted molar refractivity (Wildman–Crippen MR) is 82.0 cm³/mol. The van der Waals surface area contributed by atoms with Gasteiger partial charge in [-0.05, 0) is 49.3 Å². The van der Waals surface area contributed by atoms with Gasteiger partial charge in [-0.25, -0.2) is 4.79 Å². The highest BCUT2D eigenvalue weighted by Gasteiger charge is 2.38. The summed E-state index contributed by atoms with van der Waals surface area (Å²) in [6.45, 7) is 2.27. The van der Waals surface area contributed by atoms with Crippen molar-refractivity contribution in [3.8, 4) is 5.75 Å². The number of nitrogens with zero attached hydrogens (tertiary/aromatic N) is 1. The van der Waals surface area contributed by atoms with E-state index in [0.717, 1.165) is 25.1 Å². The van der Waals surface area contributed by atoms with E-state index in [1.54, 1.807) is 13.2 Å². The SMILES string of the molecule is CNC(=O)OCC[C@H]1C[C@@H]1c1cncc(OC[C@@H]2CCN2)c1. The number of alkyl carbamates (subject to hydrolysis) is 1. The van der Waals surface area contributed by atoms with E-state index in [0.29, 0.717) is 31.1 Å². The fourth-order valence-corrected chi connectivity index (χ4v) is 2.75. The topological polar surface area (TPSA) is 72.5 Å². The summed E-state index contributed by atoms with van der Waals surface area (Å²) >= 11 is 0. The lowest BCUT2D eigenvalue weighted by Crippen LogP contribution is -2.46. The average molecular weight is 305 g/mol. The first-order valence-electron chi connectivity index (χ1n) is 7.92. The van der Waals surface area contributed by atoms with Crippen molar-refractivity contribution in [2.75, 3.05) is 26.8 Å². The number of carbonyl (C=O) groups excluding carboxylic acids is 1. The smallest absolute Gasteiger partial charge is 0.406 e. The molecule has 2 aliphatic rings. The molecule has 3 rings (SSSR count). The van der Waals surface area contributed by atoms with Crippen molar-refractivity contribution in [3.63, 3.8) is 0 Å². The first-order valence-corrected chi connectivity index (χ1v) is 7.92. The number of ether oxygens (including phenoxy) is 2. The van der Waals surface area contributed by atoms with Crippen molar-refractivity contribution in [1.29, 1.82) is 0 Å². The molecular formula is C16H23N3O3. The molecule has 1 amide bonds. The quantitative estimate of drug-likeness (QED) is 0.802. The number of amides is 1. The largest absolute Gasteiger partial charge is 0.490 e. The minimum Gasteiger partial charge on any atom is -0.490 e. The molecule has 1 aliphatic heterocycles. The van der Waals surface area contributed by atoms with Crippen molar-refractivity contribution >= 4 is 6.09 Å². The Morgan fingerprint density at radius 3 is 3.09 bits per heavy atom. The molecule has 1 aromatic heterocycles. The van der Waals surface area contributed by atoms with Crippen LogP contribution in [-0.2, 0) is 4.74 Å². The van der Waals surface area contributed by atoms with Gasteiger partial charge in [0.15, 0.2) is 0 Å². The zero-order valence-electron chi connectivity index (χ0n) is 12.9. The Labute approximate surface area is 130 Å². The molecule has 1 saturated heterocycles. The van der Waals surface area contributed by atoms with Crippen LogP contribution in [0, 0.1) is 5.92 Å². The van der Waals surface area contributed by atoms with Crippen molar-refractivity contribution in [2.45, 2.75) is 31.2 Å². The summed E-state index contributed by atoms with van der Waals surface area (Å²) in [5, 5.41) is 5.77. The third-order valence-electron chi connectivity index (χ3n) is 4.39. The third-order valence-corrected chi connectivity index (χ3v) is 4.39. The van der Waals surface area contributed by atoms with Crippen LogP contribution in [0.1, 0.15) is 30.7 Å². The second-order valence-electron chi connectivity index (χ2n) is 5.98. The van der Waals surface area contributed by atoms with Gasteiger partial charge in [-0.3, -0.25) is 4.98 Å². The Kier molecular flexibility index (Phi) is 4.77. The molecule has 0 unspecified atom stereocenters. The Morgan fingerprint density at radius 1 is 1.50 bits per heavy atom. The van der Waals surface area contributed by atoms with E-state index < -0.39 is 0 Å². The number of carbonyl (C=O) groups is 1. The van der Waals surface area contributed by atoms with Gasteiger partial charge in [-0.1, -0.05) is 0 Å². The van der Waals surface area contributed by atoms with E-state index in [9.17, 15) is 4.79 Å². The van der Waals surface area contributed by atoms with Crippen molar-refractivity contribution < 1.29 is 14.3 Å². The molecule has 0 radical (unpaired) electrons. The van der Waals surface area contributed by atoms with Gasteiger partial charge >= 0.3 is 6.09 Å². The van der Waals surface area contributed by atoms with Crippen molar-refractivity contribution in [2.24, 2.45) is 5.92 Å². The Hall–Kier alpha value is -1.82. The maximum absolute atomic E-state index is 11.0. The van der Waals surface area contributed by atoms with Crippen LogP contribution in [0.3, 0.4) is 0 Å². The van der Waals surface area contributed by atoms with Gasteiger partial charge < -0.3 is 20.1 Å². The standard InChI is InChI=1S/C16H23N3O3/c1-17-16(20)21-5-3-11-7-15(11)12-6-14(9-18-8-12)22-10-13-2-4-19-13/h6,8-9,11,13,15,19H,2-5,7,10H2,1H3,(H,17,20)/t11-,13-,15-/m0/s1. The molecule has 0 aromatic carbocycles. The molecule has 2 N–H and O–H groups in total. The van der Waals surface area contributed by atoms with E-state index in [1.807, 2.05) is 6.20 Å². The molecule has 0 spiro atoms. The first kappa shape index (κ1) is 15.1. The Morgan fingerprint density at radius 2 is 2.36 bits per heavy atom. The molecule has 6 nitrogen and oxygen atoms in total. The van der Waals surface area contributed by atoms with E-state index >= 15 is 0 Å². The van der Waals surface area contributed by atoms with Gasteiger partial charge in [-0.2, -0.15) is 0 Å². The molecule has 2 heterocycles. The van der Waals surface area contributed by atoms with Crippen LogP contribution in [0.4, 0.5) is 4.79 Å². The first-order chi connectivity index (χ1) is 10.8. The van der Waals surface area contributed by atoms with Gasteiger partial charge in [0.2, 0.25) is 0 Å². The summed E-state index contributed by atoms with van der Waals surface area (Å²) < 4.78 is 10.8. The Bertz CT molecular complexity index is 519. The van der Waals surface area contributed by atoms with Crippen LogP contribution in [0.25, 0.3) is 0 Å². The van der Waals surface area contributed by atoms with Crippen LogP contribution in [0.2, 0.25) is 0 Å². The summed E-state index contributed by atoms with van der Waals surface area (Å²) in [4.78, 5) is 15.3. The van der Waals surface area contributed by atoms with Crippen molar-refractivity contribution in [3.05, 3.63) is 24.0 Å². The lowest BCUT2D eigenvalue weighted by atomic mass is 10.1. The summed E-state index contributed by atoms with van der Waals surface area (Å²) in [5.74, 6) is 1.94. The molecule has 120 valence electrons.